The van der Waals surface area contributed by atoms with Gasteiger partial charge in [0.15, 0.2) is 0 Å². The molecule has 0 bridgehead atoms. The molecule has 1 aromatic carbocycles. The fourth-order valence-electron chi connectivity index (χ4n) is 3.09. The summed E-state index contributed by atoms with van der Waals surface area (Å²) < 4.78 is 32.9. The molecule has 23 heavy (non-hydrogen) atoms. The van der Waals surface area contributed by atoms with Gasteiger partial charge in [0.25, 0.3) is 0 Å². The summed E-state index contributed by atoms with van der Waals surface area (Å²) in [4.78, 5) is 4.33. The Kier molecular flexibility index (Phi) is 4.37. The van der Waals surface area contributed by atoms with Crippen molar-refractivity contribution in [1.29, 1.82) is 0 Å². The van der Waals surface area contributed by atoms with Crippen molar-refractivity contribution in [2.24, 2.45) is 0 Å². The molecule has 1 fully saturated rings. The number of hydrogen-bond acceptors (Lipinski definition) is 4. The first-order valence-electron chi connectivity index (χ1n) is 7.60. The average molecular weight is 332 g/mol. The molecule has 122 valence electrons. The number of nitrogens with zero attached hydrogens (tertiary/aromatic N) is 2. The normalized spacial score (nSPS) is 19.0. The maximum Gasteiger partial charge on any atom is 0.243 e. The smallest absolute Gasteiger partial charge is 0.243 e. The van der Waals surface area contributed by atoms with E-state index in [9.17, 15) is 8.42 Å². The average Bonchev–Trinajstić information content (AvgIpc) is 3.06. The third-order valence-electron chi connectivity index (χ3n) is 4.27. The molecule has 0 saturated carbocycles. The van der Waals surface area contributed by atoms with Crippen molar-refractivity contribution in [2.75, 3.05) is 13.7 Å². The van der Waals surface area contributed by atoms with Gasteiger partial charge < -0.3 is 4.74 Å². The lowest BCUT2D eigenvalue weighted by molar-refractivity contribution is 0.395. The molecule has 0 aliphatic carbocycles. The molecule has 3 rings (SSSR count). The summed E-state index contributed by atoms with van der Waals surface area (Å²) in [5.41, 5.74) is 1.81. The highest BCUT2D eigenvalue weighted by Gasteiger charge is 2.36. The maximum absolute atomic E-state index is 13.0. The van der Waals surface area contributed by atoms with Crippen LogP contribution in [0.4, 0.5) is 0 Å². The van der Waals surface area contributed by atoms with E-state index >= 15 is 0 Å². The Hall–Kier alpha value is -1.92. The van der Waals surface area contributed by atoms with Gasteiger partial charge in [0.05, 0.1) is 18.0 Å². The predicted molar refractivity (Wildman–Crippen MR) is 87.8 cm³/mol. The third-order valence-corrected chi connectivity index (χ3v) is 6.17. The largest absolute Gasteiger partial charge is 0.496 e. The van der Waals surface area contributed by atoms with Crippen LogP contribution < -0.4 is 4.74 Å². The number of sulfonamides is 1. The second-order valence-corrected chi connectivity index (χ2v) is 7.58. The third kappa shape index (κ3) is 2.96. The monoisotopic (exact) mass is 332 g/mol. The Bertz CT molecular complexity index is 791. The first kappa shape index (κ1) is 16.0. The molecule has 5 nitrogen and oxygen atoms in total. The van der Waals surface area contributed by atoms with Crippen LogP contribution in [0.5, 0.6) is 5.75 Å². The van der Waals surface area contributed by atoms with E-state index < -0.39 is 10.0 Å². The zero-order valence-corrected chi connectivity index (χ0v) is 14.1. The topological polar surface area (TPSA) is 59.5 Å². The Labute approximate surface area is 137 Å². The van der Waals surface area contributed by atoms with Crippen molar-refractivity contribution < 1.29 is 13.2 Å². The molecule has 2 aromatic rings. The number of hydrogen-bond donors (Lipinski definition) is 0. The molecule has 1 aliphatic rings. The molecule has 0 unspecified atom stereocenters. The van der Waals surface area contributed by atoms with E-state index in [1.807, 2.05) is 19.1 Å². The number of ether oxygens (including phenoxy) is 1. The van der Waals surface area contributed by atoms with Crippen LogP contribution in [0, 0.1) is 6.92 Å². The van der Waals surface area contributed by atoms with Crippen molar-refractivity contribution in [1.82, 2.24) is 9.29 Å². The SMILES string of the molecule is COc1ccc(S(=O)(=O)N2CCC[C@@H]2c2ccncc2)cc1C. The van der Waals surface area contributed by atoms with Crippen LogP contribution >= 0.6 is 0 Å². The van der Waals surface area contributed by atoms with Crippen molar-refractivity contribution in [3.8, 4) is 5.75 Å². The molecule has 0 radical (unpaired) electrons. The fourth-order valence-corrected chi connectivity index (χ4v) is 4.86. The van der Waals surface area contributed by atoms with Crippen molar-refractivity contribution >= 4 is 10.0 Å². The molecule has 2 heterocycles. The van der Waals surface area contributed by atoms with Crippen LogP contribution in [-0.4, -0.2) is 31.4 Å². The van der Waals surface area contributed by atoms with Crippen molar-refractivity contribution in [3.63, 3.8) is 0 Å². The molecular weight excluding hydrogens is 312 g/mol. The molecule has 1 aromatic heterocycles. The van der Waals surface area contributed by atoms with Gasteiger partial charge in [-0.3, -0.25) is 4.98 Å². The lowest BCUT2D eigenvalue weighted by atomic mass is 10.1. The minimum atomic E-state index is -3.53. The summed E-state index contributed by atoms with van der Waals surface area (Å²) in [5.74, 6) is 0.691. The minimum Gasteiger partial charge on any atom is -0.496 e. The van der Waals surface area contributed by atoms with Crippen molar-refractivity contribution in [2.45, 2.75) is 30.7 Å². The molecule has 1 atom stereocenters. The molecule has 1 aliphatic heterocycles. The van der Waals surface area contributed by atoms with Gasteiger partial charge in [-0.2, -0.15) is 4.31 Å². The Morgan fingerprint density at radius 2 is 1.96 bits per heavy atom. The van der Waals surface area contributed by atoms with E-state index in [0.717, 1.165) is 24.0 Å². The van der Waals surface area contributed by atoms with E-state index in [1.165, 1.54) is 0 Å². The molecule has 0 N–H and O–H groups in total. The minimum absolute atomic E-state index is 0.120. The number of pyridine rings is 1. The van der Waals surface area contributed by atoms with Crippen molar-refractivity contribution in [3.05, 3.63) is 53.9 Å². The van der Waals surface area contributed by atoms with Gasteiger partial charge in [-0.05, 0) is 61.2 Å². The lowest BCUT2D eigenvalue weighted by Crippen LogP contribution is -2.30. The van der Waals surface area contributed by atoms with E-state index in [1.54, 1.807) is 42.0 Å². The highest BCUT2D eigenvalue weighted by Crippen LogP contribution is 2.36. The summed E-state index contributed by atoms with van der Waals surface area (Å²) in [6.07, 6.45) is 5.10. The predicted octanol–water partition coefficient (Wildman–Crippen LogP) is 2.92. The Morgan fingerprint density at radius 1 is 1.22 bits per heavy atom. The van der Waals surface area contributed by atoms with Gasteiger partial charge in [-0.15, -0.1) is 0 Å². The Morgan fingerprint density at radius 3 is 2.61 bits per heavy atom. The number of aryl methyl sites for hydroxylation is 1. The van der Waals surface area contributed by atoms with E-state index in [2.05, 4.69) is 4.98 Å². The van der Waals surface area contributed by atoms with Gasteiger partial charge in [-0.1, -0.05) is 0 Å². The number of methoxy groups -OCH3 is 1. The highest BCUT2D eigenvalue weighted by molar-refractivity contribution is 7.89. The lowest BCUT2D eigenvalue weighted by Gasteiger charge is -2.24. The number of aromatic nitrogens is 1. The van der Waals surface area contributed by atoms with Gasteiger partial charge >= 0.3 is 0 Å². The fraction of sp³-hybridized carbons (Fsp3) is 0.353. The van der Waals surface area contributed by atoms with Gasteiger partial charge in [-0.25, -0.2) is 8.42 Å². The quantitative estimate of drug-likeness (QED) is 0.864. The van der Waals surface area contributed by atoms with Gasteiger partial charge in [0, 0.05) is 18.9 Å². The zero-order chi connectivity index (χ0) is 16.4. The first-order chi connectivity index (χ1) is 11.0. The molecule has 1 saturated heterocycles. The van der Waals surface area contributed by atoms with Crippen LogP contribution in [0.25, 0.3) is 0 Å². The summed E-state index contributed by atoms with van der Waals surface area (Å²) in [6.45, 7) is 2.39. The second-order valence-electron chi connectivity index (χ2n) is 5.69. The highest BCUT2D eigenvalue weighted by atomic mass is 32.2. The summed E-state index contributed by atoms with van der Waals surface area (Å²) >= 11 is 0. The summed E-state index contributed by atoms with van der Waals surface area (Å²) in [6, 6.07) is 8.65. The van der Waals surface area contributed by atoms with Crippen LogP contribution in [0.3, 0.4) is 0 Å². The van der Waals surface area contributed by atoms with Crippen LogP contribution in [-0.2, 0) is 10.0 Å². The summed E-state index contributed by atoms with van der Waals surface area (Å²) in [5, 5.41) is 0. The molecule has 0 spiro atoms. The molecule has 0 amide bonds. The molecule has 6 heteroatoms. The maximum atomic E-state index is 13.0. The molecular formula is C17H20N2O3S. The number of rotatable bonds is 4. The zero-order valence-electron chi connectivity index (χ0n) is 13.3. The van der Waals surface area contributed by atoms with Gasteiger partial charge in [0.1, 0.15) is 5.75 Å². The standard InChI is InChI=1S/C17H20N2O3S/c1-13-12-15(5-6-17(13)22-2)23(20,21)19-11-3-4-16(19)14-7-9-18-10-8-14/h5-10,12,16H,3-4,11H2,1-2H3/t16-/m1/s1. The van der Waals surface area contributed by atoms with Crippen LogP contribution in [0.2, 0.25) is 0 Å². The first-order valence-corrected chi connectivity index (χ1v) is 9.04. The van der Waals surface area contributed by atoms with Crippen LogP contribution in [0.1, 0.15) is 30.0 Å². The summed E-state index contributed by atoms with van der Waals surface area (Å²) in [7, 11) is -1.95. The Balaban J connectivity index is 1.97. The van der Waals surface area contributed by atoms with E-state index in [-0.39, 0.29) is 6.04 Å². The van der Waals surface area contributed by atoms with Crippen LogP contribution in [0.15, 0.2) is 47.6 Å². The van der Waals surface area contributed by atoms with E-state index in [0.29, 0.717) is 17.2 Å². The van der Waals surface area contributed by atoms with E-state index in [4.69, 9.17) is 4.74 Å². The second kappa shape index (κ2) is 6.29. The van der Waals surface area contributed by atoms with Gasteiger partial charge in [0.2, 0.25) is 10.0 Å². The number of benzene rings is 1.